The van der Waals surface area contributed by atoms with E-state index in [1.165, 1.54) is 11.3 Å². The van der Waals surface area contributed by atoms with Crippen molar-refractivity contribution in [3.8, 4) is 0 Å². The molecule has 0 atom stereocenters. The third-order valence-corrected chi connectivity index (χ3v) is 3.42. The van der Waals surface area contributed by atoms with Crippen molar-refractivity contribution < 1.29 is 4.79 Å². The Morgan fingerprint density at radius 2 is 2.10 bits per heavy atom. The fraction of sp³-hybridized carbons (Fsp3) is 0.500. The summed E-state index contributed by atoms with van der Waals surface area (Å²) in [6.45, 7) is 9.80. The van der Waals surface area contributed by atoms with Crippen LogP contribution in [0.15, 0.2) is 30.5 Å². The van der Waals surface area contributed by atoms with Crippen molar-refractivity contribution in [2.75, 3.05) is 6.54 Å². The van der Waals surface area contributed by atoms with Crippen LogP contribution in [0.3, 0.4) is 0 Å². The number of allylic oxidation sites excluding steroid dienone is 3. The maximum atomic E-state index is 12.1. The van der Waals surface area contributed by atoms with Crippen molar-refractivity contribution in [3.63, 3.8) is 0 Å². The predicted octanol–water partition coefficient (Wildman–Crippen LogP) is 2.66. The third-order valence-electron chi connectivity index (χ3n) is 3.42. The Balaban J connectivity index is 2.13. The number of carbonyl (C=O) groups excluding carboxylic acids is 1. The molecule has 1 aromatic heterocycles. The molecule has 1 aliphatic heterocycles. The molecule has 0 bridgehead atoms. The molecule has 0 N–H and O–H groups in total. The van der Waals surface area contributed by atoms with E-state index < -0.39 is 0 Å². The first-order valence-electron chi connectivity index (χ1n) is 7.08. The molecule has 0 aromatic carbocycles. The van der Waals surface area contributed by atoms with Crippen LogP contribution < -0.4 is 0 Å². The largest absolute Gasteiger partial charge is 0.334 e. The maximum Gasteiger partial charge on any atom is 0.246 e. The van der Waals surface area contributed by atoms with Crippen molar-refractivity contribution in [2.45, 2.75) is 46.2 Å². The molecule has 1 aliphatic rings. The molecule has 1 amide bonds. The highest BCUT2D eigenvalue weighted by Crippen LogP contribution is 2.24. The van der Waals surface area contributed by atoms with E-state index in [0.29, 0.717) is 6.54 Å². The van der Waals surface area contributed by atoms with Crippen LogP contribution in [0.1, 0.15) is 39.0 Å². The van der Waals surface area contributed by atoms with Gasteiger partial charge in [-0.05, 0) is 27.7 Å². The van der Waals surface area contributed by atoms with Gasteiger partial charge in [-0.25, -0.2) is 0 Å². The first kappa shape index (κ1) is 14.6. The SMILES string of the molecule is C/C=C/C=C/C(=O)N1CCc2c(cnn2C(C)(C)C)C1. The summed E-state index contributed by atoms with van der Waals surface area (Å²) in [7, 11) is 0. The van der Waals surface area contributed by atoms with Crippen LogP contribution >= 0.6 is 0 Å². The minimum absolute atomic E-state index is 0.00835. The number of aromatic nitrogens is 2. The zero-order chi connectivity index (χ0) is 14.8. The van der Waals surface area contributed by atoms with Gasteiger partial charge in [0.2, 0.25) is 5.91 Å². The topological polar surface area (TPSA) is 38.1 Å². The highest BCUT2D eigenvalue weighted by atomic mass is 16.2. The summed E-state index contributed by atoms with van der Waals surface area (Å²) in [5.41, 5.74) is 2.42. The first-order chi connectivity index (χ1) is 9.43. The van der Waals surface area contributed by atoms with Crippen molar-refractivity contribution in [1.29, 1.82) is 0 Å². The van der Waals surface area contributed by atoms with Crippen LogP contribution in [0.4, 0.5) is 0 Å². The average molecular weight is 273 g/mol. The first-order valence-corrected chi connectivity index (χ1v) is 7.08. The average Bonchev–Trinajstić information content (AvgIpc) is 2.81. The lowest BCUT2D eigenvalue weighted by Gasteiger charge is -2.29. The highest BCUT2D eigenvalue weighted by Gasteiger charge is 2.26. The van der Waals surface area contributed by atoms with Crippen molar-refractivity contribution in [1.82, 2.24) is 14.7 Å². The van der Waals surface area contributed by atoms with Gasteiger partial charge in [-0.2, -0.15) is 5.10 Å². The van der Waals surface area contributed by atoms with E-state index >= 15 is 0 Å². The van der Waals surface area contributed by atoms with Gasteiger partial charge in [0.15, 0.2) is 0 Å². The molecule has 4 nitrogen and oxygen atoms in total. The lowest BCUT2D eigenvalue weighted by Crippen LogP contribution is -2.36. The van der Waals surface area contributed by atoms with Crippen LogP contribution in [0.2, 0.25) is 0 Å². The second-order valence-corrected chi connectivity index (χ2v) is 6.09. The Labute approximate surface area is 120 Å². The smallest absolute Gasteiger partial charge is 0.246 e. The van der Waals surface area contributed by atoms with Gasteiger partial charge in [-0.3, -0.25) is 9.48 Å². The van der Waals surface area contributed by atoms with E-state index in [1.807, 2.05) is 30.2 Å². The molecule has 0 fully saturated rings. The molecule has 2 heterocycles. The summed E-state index contributed by atoms with van der Waals surface area (Å²) in [6.07, 6.45) is 9.96. The predicted molar refractivity (Wildman–Crippen MR) is 80.3 cm³/mol. The lowest BCUT2D eigenvalue weighted by atomic mass is 10.0. The summed E-state index contributed by atoms with van der Waals surface area (Å²) in [5, 5.41) is 4.49. The third kappa shape index (κ3) is 3.00. The van der Waals surface area contributed by atoms with Gasteiger partial charge >= 0.3 is 0 Å². The number of amides is 1. The molecule has 0 unspecified atom stereocenters. The molecular weight excluding hydrogens is 250 g/mol. The molecule has 0 saturated heterocycles. The molecule has 108 valence electrons. The summed E-state index contributed by atoms with van der Waals surface area (Å²) in [6, 6.07) is 0. The summed E-state index contributed by atoms with van der Waals surface area (Å²) >= 11 is 0. The zero-order valence-electron chi connectivity index (χ0n) is 12.8. The van der Waals surface area contributed by atoms with Gasteiger partial charge in [0, 0.05) is 36.8 Å². The number of hydrogen-bond donors (Lipinski definition) is 0. The van der Waals surface area contributed by atoms with Crippen LogP contribution in [0.5, 0.6) is 0 Å². The second-order valence-electron chi connectivity index (χ2n) is 6.09. The van der Waals surface area contributed by atoms with E-state index in [-0.39, 0.29) is 11.4 Å². The van der Waals surface area contributed by atoms with Gasteiger partial charge in [0.1, 0.15) is 0 Å². The molecule has 0 aliphatic carbocycles. The lowest BCUT2D eigenvalue weighted by molar-refractivity contribution is -0.126. The van der Waals surface area contributed by atoms with Crippen LogP contribution in [0, 0.1) is 0 Å². The summed E-state index contributed by atoms with van der Waals surface area (Å²) in [4.78, 5) is 13.9. The van der Waals surface area contributed by atoms with E-state index in [2.05, 4.69) is 30.6 Å². The van der Waals surface area contributed by atoms with Crippen LogP contribution in [-0.2, 0) is 23.3 Å². The number of rotatable bonds is 2. The fourth-order valence-corrected chi connectivity index (χ4v) is 2.45. The molecule has 20 heavy (non-hydrogen) atoms. The van der Waals surface area contributed by atoms with E-state index in [0.717, 1.165) is 13.0 Å². The Hall–Kier alpha value is -1.84. The van der Waals surface area contributed by atoms with Gasteiger partial charge in [0.05, 0.1) is 11.7 Å². The van der Waals surface area contributed by atoms with Gasteiger partial charge in [-0.15, -0.1) is 0 Å². The zero-order valence-corrected chi connectivity index (χ0v) is 12.8. The molecule has 4 heteroatoms. The summed E-state index contributed by atoms with van der Waals surface area (Å²) < 4.78 is 2.08. The number of fused-ring (bicyclic) bond motifs is 1. The van der Waals surface area contributed by atoms with Crippen LogP contribution in [0.25, 0.3) is 0 Å². The van der Waals surface area contributed by atoms with Gasteiger partial charge in [0.25, 0.3) is 0 Å². The number of carbonyl (C=O) groups is 1. The Morgan fingerprint density at radius 3 is 2.75 bits per heavy atom. The Bertz CT molecular complexity index is 547. The van der Waals surface area contributed by atoms with E-state index in [9.17, 15) is 4.79 Å². The van der Waals surface area contributed by atoms with E-state index in [4.69, 9.17) is 0 Å². The fourth-order valence-electron chi connectivity index (χ4n) is 2.45. The summed E-state index contributed by atoms with van der Waals surface area (Å²) in [5.74, 6) is 0.0669. The van der Waals surface area contributed by atoms with Crippen molar-refractivity contribution >= 4 is 5.91 Å². The van der Waals surface area contributed by atoms with Crippen LogP contribution in [-0.4, -0.2) is 27.1 Å². The Kier molecular flexibility index (Phi) is 4.12. The van der Waals surface area contributed by atoms with Gasteiger partial charge < -0.3 is 4.90 Å². The monoisotopic (exact) mass is 273 g/mol. The molecule has 0 spiro atoms. The quantitative estimate of drug-likeness (QED) is 0.614. The highest BCUT2D eigenvalue weighted by molar-refractivity contribution is 5.88. The normalized spacial score (nSPS) is 16.1. The minimum atomic E-state index is -0.00835. The number of nitrogens with zero attached hydrogens (tertiary/aromatic N) is 3. The molecule has 0 radical (unpaired) electrons. The minimum Gasteiger partial charge on any atom is -0.334 e. The molecule has 0 saturated carbocycles. The van der Waals surface area contributed by atoms with Crippen molar-refractivity contribution in [2.24, 2.45) is 0 Å². The standard InChI is InChI=1S/C16H23N3O/c1-5-6-7-8-15(20)18-10-9-14-13(12-18)11-17-19(14)16(2,3)4/h5-8,11H,9-10,12H2,1-4H3/b6-5+,8-7+. The molecule has 1 aromatic rings. The Morgan fingerprint density at radius 1 is 1.35 bits per heavy atom. The second kappa shape index (κ2) is 5.65. The van der Waals surface area contributed by atoms with Crippen molar-refractivity contribution in [3.05, 3.63) is 41.8 Å². The molecular formula is C16H23N3O. The molecule has 2 rings (SSSR count). The maximum absolute atomic E-state index is 12.1. The number of hydrogen-bond acceptors (Lipinski definition) is 2. The van der Waals surface area contributed by atoms with E-state index in [1.54, 1.807) is 12.2 Å². The van der Waals surface area contributed by atoms with Gasteiger partial charge in [-0.1, -0.05) is 18.2 Å².